The van der Waals surface area contributed by atoms with Gasteiger partial charge in [0.2, 0.25) is 10.4 Å². The highest BCUT2D eigenvalue weighted by molar-refractivity contribution is 7.80. The molecule has 19 heavy (non-hydrogen) atoms. The molecule has 1 rings (SSSR count). The van der Waals surface area contributed by atoms with Crippen LogP contribution in [0.1, 0.15) is 0 Å². The number of thiocarbonyl (C=S) groups is 2. The van der Waals surface area contributed by atoms with Gasteiger partial charge in [-0.05, 0) is 36.0 Å². The molecule has 0 fully saturated rings. The molecule has 0 aliphatic heterocycles. The van der Waals surface area contributed by atoms with E-state index in [0.29, 0.717) is 10.2 Å². The molecule has 1 aromatic heterocycles. The van der Waals surface area contributed by atoms with Gasteiger partial charge in [0.05, 0.1) is 0 Å². The van der Waals surface area contributed by atoms with Gasteiger partial charge in [0.15, 0.2) is 10.2 Å². The molecule has 6 nitrogen and oxygen atoms in total. The zero-order valence-electron chi connectivity index (χ0n) is 11.9. The average molecular weight is 318 g/mol. The van der Waals surface area contributed by atoms with E-state index in [2.05, 4.69) is 9.98 Å². The highest BCUT2D eigenvalue weighted by Gasteiger charge is 2.04. The van der Waals surface area contributed by atoms with Gasteiger partial charge in [-0.2, -0.15) is 9.98 Å². The molecule has 0 aliphatic rings. The first-order valence-corrected chi connectivity index (χ1v) is 7.08. The quantitative estimate of drug-likeness (QED) is 0.628. The van der Waals surface area contributed by atoms with Crippen molar-refractivity contribution in [3.63, 3.8) is 0 Å². The molecular formula is C10H18N6S3. The molecule has 0 unspecified atom stereocenters. The molecular weight excluding hydrogens is 300 g/mol. The summed E-state index contributed by atoms with van der Waals surface area (Å²) < 4.78 is 3.78. The minimum atomic E-state index is 0.519. The van der Waals surface area contributed by atoms with Crippen LogP contribution in [0.2, 0.25) is 0 Å². The Labute approximate surface area is 127 Å². The van der Waals surface area contributed by atoms with Crippen molar-refractivity contribution in [3.8, 4) is 0 Å². The second-order valence-corrected chi connectivity index (χ2v) is 6.13. The van der Waals surface area contributed by atoms with Crippen LogP contribution in [0.3, 0.4) is 0 Å². The molecule has 9 heteroatoms. The number of rotatable bonds is 0. The summed E-state index contributed by atoms with van der Waals surface area (Å²) >= 11 is 11.8. The minimum absolute atomic E-state index is 0.519. The van der Waals surface area contributed by atoms with Gasteiger partial charge in [0.25, 0.3) is 0 Å². The summed E-state index contributed by atoms with van der Waals surface area (Å²) in [6.45, 7) is 0. The molecule has 0 N–H and O–H groups in total. The van der Waals surface area contributed by atoms with Crippen molar-refractivity contribution in [2.24, 2.45) is 24.1 Å². The summed E-state index contributed by atoms with van der Waals surface area (Å²) in [6.07, 6.45) is 0. The zero-order valence-corrected chi connectivity index (χ0v) is 14.4. The van der Waals surface area contributed by atoms with E-state index in [0.717, 1.165) is 10.4 Å². The summed E-state index contributed by atoms with van der Waals surface area (Å²) in [6, 6.07) is 0. The number of aryl methyl sites for hydroxylation is 1. The van der Waals surface area contributed by atoms with Gasteiger partial charge in [-0.3, -0.25) is 8.52 Å². The van der Waals surface area contributed by atoms with Gasteiger partial charge < -0.3 is 9.80 Å². The normalized spacial score (nSPS) is 12.7. The van der Waals surface area contributed by atoms with E-state index in [1.807, 2.05) is 50.8 Å². The third-order valence-corrected chi connectivity index (χ3v) is 4.12. The summed E-state index contributed by atoms with van der Waals surface area (Å²) in [5.41, 5.74) is 0.740. The second kappa shape index (κ2) is 6.40. The Morgan fingerprint density at radius 3 is 1.95 bits per heavy atom. The van der Waals surface area contributed by atoms with E-state index >= 15 is 0 Å². The van der Waals surface area contributed by atoms with Crippen molar-refractivity contribution in [1.29, 1.82) is 0 Å². The van der Waals surface area contributed by atoms with Crippen molar-refractivity contribution in [2.75, 3.05) is 28.2 Å². The maximum atomic E-state index is 5.19. The van der Waals surface area contributed by atoms with E-state index in [4.69, 9.17) is 24.4 Å². The zero-order chi connectivity index (χ0) is 14.7. The first-order chi connectivity index (χ1) is 8.73. The van der Waals surface area contributed by atoms with E-state index in [1.54, 1.807) is 9.80 Å². The van der Waals surface area contributed by atoms with Crippen molar-refractivity contribution in [1.82, 2.24) is 18.3 Å². The Morgan fingerprint density at radius 2 is 1.47 bits per heavy atom. The van der Waals surface area contributed by atoms with Crippen LogP contribution >= 0.6 is 36.0 Å². The molecule has 1 aromatic rings. The van der Waals surface area contributed by atoms with Gasteiger partial charge in [-0.15, -0.1) is 0 Å². The maximum absolute atomic E-state index is 5.19. The van der Waals surface area contributed by atoms with Crippen molar-refractivity contribution >= 4 is 46.2 Å². The second-order valence-electron chi connectivity index (χ2n) is 4.31. The van der Waals surface area contributed by atoms with Crippen LogP contribution in [0.5, 0.6) is 0 Å². The molecule has 1 heterocycles. The van der Waals surface area contributed by atoms with E-state index < -0.39 is 0 Å². The first kappa shape index (κ1) is 16.0. The Kier molecular flexibility index (Phi) is 5.39. The number of nitrogens with zero attached hydrogens (tertiary/aromatic N) is 6. The van der Waals surface area contributed by atoms with Crippen LogP contribution in [0.25, 0.3) is 0 Å². The van der Waals surface area contributed by atoms with E-state index in [1.165, 1.54) is 11.5 Å². The molecule has 0 bridgehead atoms. The highest BCUT2D eigenvalue weighted by Crippen LogP contribution is 1.88. The highest BCUT2D eigenvalue weighted by atomic mass is 32.1. The number of aromatic nitrogens is 2. The Hall–Kier alpha value is -1.06. The van der Waals surface area contributed by atoms with Gasteiger partial charge in [-0.25, -0.2) is 0 Å². The fourth-order valence-electron chi connectivity index (χ4n) is 1.13. The lowest BCUT2D eigenvalue weighted by molar-refractivity contribution is 0.617. The topological polar surface area (TPSA) is 41.1 Å². The standard InChI is InChI=1S/C10H18N6S3/c1-13(2)8(17)11-7-15(5)10(19-16(7)6)12-9(18)14(3)4/h1-6H3. The maximum Gasteiger partial charge on any atom is 0.223 e. The third-order valence-electron chi connectivity index (χ3n) is 2.24. The third kappa shape index (κ3) is 3.95. The van der Waals surface area contributed by atoms with Crippen LogP contribution in [0.15, 0.2) is 9.98 Å². The minimum Gasteiger partial charge on any atom is -0.353 e. The van der Waals surface area contributed by atoms with Gasteiger partial charge in [0, 0.05) is 42.3 Å². The number of hydrogen-bond donors (Lipinski definition) is 0. The van der Waals surface area contributed by atoms with Gasteiger partial charge in [0.1, 0.15) is 0 Å². The van der Waals surface area contributed by atoms with Crippen molar-refractivity contribution < 1.29 is 0 Å². The fraction of sp³-hybridized carbons (Fsp3) is 0.600. The SMILES string of the molecule is CN(C)C(=S)N=c1sn(C)c(=NC(=S)N(C)C)n1C. The summed E-state index contributed by atoms with van der Waals surface area (Å²) in [7, 11) is 11.3. The van der Waals surface area contributed by atoms with E-state index in [-0.39, 0.29) is 0 Å². The monoisotopic (exact) mass is 318 g/mol. The van der Waals surface area contributed by atoms with Crippen LogP contribution in [-0.2, 0) is 14.1 Å². The molecule has 106 valence electrons. The fourth-order valence-corrected chi connectivity index (χ4v) is 2.18. The Balaban J connectivity index is 3.38. The summed E-state index contributed by atoms with van der Waals surface area (Å²) in [5, 5.41) is 1.05. The van der Waals surface area contributed by atoms with Crippen LogP contribution in [-0.4, -0.2) is 56.7 Å². The van der Waals surface area contributed by atoms with Crippen molar-refractivity contribution in [3.05, 3.63) is 10.4 Å². The summed E-state index contributed by atoms with van der Waals surface area (Å²) in [5.74, 6) is 0. The first-order valence-electron chi connectivity index (χ1n) is 5.49. The summed E-state index contributed by atoms with van der Waals surface area (Å²) in [4.78, 5) is 13.2. The average Bonchev–Trinajstić information content (AvgIpc) is 2.56. The van der Waals surface area contributed by atoms with E-state index in [9.17, 15) is 0 Å². The van der Waals surface area contributed by atoms with Gasteiger partial charge >= 0.3 is 0 Å². The molecule has 0 spiro atoms. The Bertz CT molecular complexity index is 616. The molecule has 0 saturated heterocycles. The van der Waals surface area contributed by atoms with Gasteiger partial charge in [-0.1, -0.05) is 0 Å². The molecule has 0 saturated carbocycles. The molecule has 0 aromatic carbocycles. The largest absolute Gasteiger partial charge is 0.353 e. The van der Waals surface area contributed by atoms with Crippen LogP contribution in [0.4, 0.5) is 0 Å². The molecule has 0 radical (unpaired) electrons. The number of hydrogen-bond acceptors (Lipinski definition) is 3. The predicted octanol–water partition coefficient (Wildman–Crippen LogP) is -0.0805. The lowest BCUT2D eigenvalue weighted by atomic mass is 10.8. The lowest BCUT2D eigenvalue weighted by Crippen LogP contribution is -2.31. The molecule has 0 atom stereocenters. The van der Waals surface area contributed by atoms with Crippen molar-refractivity contribution in [2.45, 2.75) is 0 Å². The molecule has 0 amide bonds. The smallest absolute Gasteiger partial charge is 0.223 e. The molecule has 0 aliphatic carbocycles. The lowest BCUT2D eigenvalue weighted by Gasteiger charge is -2.08. The Morgan fingerprint density at radius 1 is 1.00 bits per heavy atom. The predicted molar refractivity (Wildman–Crippen MR) is 86.0 cm³/mol. The van der Waals surface area contributed by atoms with Crippen LogP contribution in [0, 0.1) is 0 Å². The van der Waals surface area contributed by atoms with Crippen LogP contribution < -0.4 is 10.4 Å².